The maximum atomic E-state index is 11.4. The van der Waals surface area contributed by atoms with Gasteiger partial charge in [0, 0.05) is 19.4 Å². The maximum Gasteiger partial charge on any atom is 0.220 e. The number of unbranched alkanes of at least 4 members (excludes halogenated alkanes) is 2. The summed E-state index contributed by atoms with van der Waals surface area (Å²) in [6.07, 6.45) is 7.85. The van der Waals surface area contributed by atoms with E-state index in [-0.39, 0.29) is 11.7 Å². The van der Waals surface area contributed by atoms with Gasteiger partial charge in [-0.1, -0.05) is 39.5 Å². The molecule has 0 heterocycles. The summed E-state index contributed by atoms with van der Waals surface area (Å²) in [5.41, 5.74) is 5.23. The standard InChI is InChI=1S/C14H29N3O/c1-3-4-5-7-12(2)10-11-17-14(18)9-6-8-13(15)16/h12H,3-11H2,1-2H3,(H3,15,16)(H,17,18). The number of nitrogens with two attached hydrogens (primary N) is 1. The second-order valence-electron chi connectivity index (χ2n) is 5.12. The first-order valence-corrected chi connectivity index (χ1v) is 7.15. The Kier molecular flexibility index (Phi) is 10.4. The first kappa shape index (κ1) is 16.9. The van der Waals surface area contributed by atoms with Crippen molar-refractivity contribution in [1.29, 1.82) is 5.41 Å². The van der Waals surface area contributed by atoms with E-state index in [0.717, 1.165) is 13.0 Å². The van der Waals surface area contributed by atoms with Crippen molar-refractivity contribution in [1.82, 2.24) is 5.32 Å². The Morgan fingerprint density at radius 2 is 1.94 bits per heavy atom. The van der Waals surface area contributed by atoms with Crippen LogP contribution < -0.4 is 11.1 Å². The molecular weight excluding hydrogens is 226 g/mol. The van der Waals surface area contributed by atoms with E-state index in [1.165, 1.54) is 25.7 Å². The van der Waals surface area contributed by atoms with E-state index in [0.29, 0.717) is 25.2 Å². The summed E-state index contributed by atoms with van der Waals surface area (Å²) >= 11 is 0. The molecule has 0 saturated carbocycles. The van der Waals surface area contributed by atoms with Crippen molar-refractivity contribution in [3.8, 4) is 0 Å². The van der Waals surface area contributed by atoms with Gasteiger partial charge in [-0.3, -0.25) is 10.2 Å². The molecule has 0 aliphatic heterocycles. The molecule has 18 heavy (non-hydrogen) atoms. The lowest BCUT2D eigenvalue weighted by molar-refractivity contribution is -0.121. The number of amidine groups is 1. The molecule has 4 N–H and O–H groups in total. The molecule has 0 aromatic rings. The Hall–Kier alpha value is -1.06. The minimum Gasteiger partial charge on any atom is -0.388 e. The van der Waals surface area contributed by atoms with Gasteiger partial charge in [-0.05, 0) is 18.8 Å². The SMILES string of the molecule is CCCCCC(C)CCNC(=O)CCCC(=N)N. The van der Waals surface area contributed by atoms with Gasteiger partial charge in [-0.15, -0.1) is 0 Å². The predicted molar refractivity (Wildman–Crippen MR) is 76.7 cm³/mol. The zero-order valence-corrected chi connectivity index (χ0v) is 11.9. The molecular formula is C14H29N3O. The first-order valence-electron chi connectivity index (χ1n) is 7.15. The highest BCUT2D eigenvalue weighted by atomic mass is 16.1. The molecule has 0 fully saturated rings. The minimum atomic E-state index is 0.0806. The molecule has 4 heteroatoms. The highest BCUT2D eigenvalue weighted by molar-refractivity contribution is 5.79. The molecule has 0 aliphatic rings. The third kappa shape index (κ3) is 11.4. The van der Waals surface area contributed by atoms with Crippen LogP contribution in [0.4, 0.5) is 0 Å². The van der Waals surface area contributed by atoms with Gasteiger partial charge >= 0.3 is 0 Å². The second kappa shape index (κ2) is 11.1. The fourth-order valence-corrected chi connectivity index (χ4v) is 1.87. The van der Waals surface area contributed by atoms with Gasteiger partial charge in [0.25, 0.3) is 0 Å². The highest BCUT2D eigenvalue weighted by Crippen LogP contribution is 2.12. The van der Waals surface area contributed by atoms with Crippen molar-refractivity contribution < 1.29 is 4.79 Å². The van der Waals surface area contributed by atoms with Crippen LogP contribution in [-0.2, 0) is 4.79 Å². The lowest BCUT2D eigenvalue weighted by Gasteiger charge is -2.11. The monoisotopic (exact) mass is 255 g/mol. The van der Waals surface area contributed by atoms with E-state index in [4.69, 9.17) is 11.1 Å². The molecule has 0 radical (unpaired) electrons. The van der Waals surface area contributed by atoms with E-state index in [1.54, 1.807) is 0 Å². The lowest BCUT2D eigenvalue weighted by Crippen LogP contribution is -2.25. The van der Waals surface area contributed by atoms with E-state index in [2.05, 4.69) is 19.2 Å². The van der Waals surface area contributed by atoms with Gasteiger partial charge < -0.3 is 11.1 Å². The van der Waals surface area contributed by atoms with Gasteiger partial charge in [0.15, 0.2) is 0 Å². The first-order chi connectivity index (χ1) is 8.56. The number of hydrogen-bond donors (Lipinski definition) is 3. The summed E-state index contributed by atoms with van der Waals surface area (Å²) in [6, 6.07) is 0. The third-order valence-corrected chi connectivity index (χ3v) is 3.11. The normalized spacial score (nSPS) is 12.1. The molecule has 0 spiro atoms. The molecule has 106 valence electrons. The Morgan fingerprint density at radius 1 is 1.22 bits per heavy atom. The molecule has 0 aromatic heterocycles. The van der Waals surface area contributed by atoms with Crippen LogP contribution in [0.5, 0.6) is 0 Å². The zero-order valence-electron chi connectivity index (χ0n) is 11.9. The minimum absolute atomic E-state index is 0.0806. The second-order valence-corrected chi connectivity index (χ2v) is 5.12. The summed E-state index contributed by atoms with van der Waals surface area (Å²) in [6.45, 7) is 5.23. The summed E-state index contributed by atoms with van der Waals surface area (Å²) < 4.78 is 0. The van der Waals surface area contributed by atoms with Crippen molar-refractivity contribution in [3.63, 3.8) is 0 Å². The van der Waals surface area contributed by atoms with Gasteiger partial charge in [-0.25, -0.2) is 0 Å². The Morgan fingerprint density at radius 3 is 2.56 bits per heavy atom. The molecule has 0 aromatic carbocycles. The molecule has 1 unspecified atom stereocenters. The van der Waals surface area contributed by atoms with Crippen LogP contribution in [0.1, 0.15) is 65.2 Å². The smallest absolute Gasteiger partial charge is 0.220 e. The fourth-order valence-electron chi connectivity index (χ4n) is 1.87. The van der Waals surface area contributed by atoms with Crippen molar-refractivity contribution in [2.45, 2.75) is 65.2 Å². The average Bonchev–Trinajstić information content (AvgIpc) is 2.29. The van der Waals surface area contributed by atoms with Crippen LogP contribution in [0, 0.1) is 11.3 Å². The summed E-state index contributed by atoms with van der Waals surface area (Å²) in [5.74, 6) is 0.929. The maximum absolute atomic E-state index is 11.4. The highest BCUT2D eigenvalue weighted by Gasteiger charge is 2.04. The van der Waals surface area contributed by atoms with Crippen molar-refractivity contribution >= 4 is 11.7 Å². The topological polar surface area (TPSA) is 79.0 Å². The number of hydrogen-bond acceptors (Lipinski definition) is 2. The van der Waals surface area contributed by atoms with Crippen LogP contribution in [0.15, 0.2) is 0 Å². The number of rotatable bonds is 11. The van der Waals surface area contributed by atoms with Crippen molar-refractivity contribution in [3.05, 3.63) is 0 Å². The van der Waals surface area contributed by atoms with E-state index >= 15 is 0 Å². The molecule has 4 nitrogen and oxygen atoms in total. The molecule has 0 aliphatic carbocycles. The molecule has 0 saturated heterocycles. The summed E-state index contributed by atoms with van der Waals surface area (Å²) in [4.78, 5) is 11.4. The van der Waals surface area contributed by atoms with Crippen LogP contribution in [0.25, 0.3) is 0 Å². The van der Waals surface area contributed by atoms with Crippen LogP contribution in [0.3, 0.4) is 0 Å². The molecule has 1 amide bonds. The number of carbonyl (C=O) groups excluding carboxylic acids is 1. The Labute approximate surface area is 111 Å². The van der Waals surface area contributed by atoms with E-state index < -0.39 is 0 Å². The van der Waals surface area contributed by atoms with E-state index in [9.17, 15) is 4.79 Å². The van der Waals surface area contributed by atoms with Gasteiger partial charge in [0.05, 0.1) is 5.84 Å². The summed E-state index contributed by atoms with van der Waals surface area (Å²) in [5, 5.41) is 9.99. The Balaban J connectivity index is 3.41. The predicted octanol–water partition coefficient (Wildman–Crippen LogP) is 2.82. The van der Waals surface area contributed by atoms with Crippen LogP contribution >= 0.6 is 0 Å². The lowest BCUT2D eigenvalue weighted by atomic mass is 10.00. The summed E-state index contributed by atoms with van der Waals surface area (Å²) in [7, 11) is 0. The fraction of sp³-hybridized carbons (Fsp3) is 0.857. The van der Waals surface area contributed by atoms with Crippen LogP contribution in [0.2, 0.25) is 0 Å². The molecule has 0 bridgehead atoms. The van der Waals surface area contributed by atoms with E-state index in [1.807, 2.05) is 0 Å². The van der Waals surface area contributed by atoms with Gasteiger partial charge in [0.2, 0.25) is 5.91 Å². The molecule has 0 rings (SSSR count). The zero-order chi connectivity index (χ0) is 13.8. The largest absolute Gasteiger partial charge is 0.388 e. The van der Waals surface area contributed by atoms with Crippen LogP contribution in [-0.4, -0.2) is 18.3 Å². The average molecular weight is 255 g/mol. The van der Waals surface area contributed by atoms with Crippen molar-refractivity contribution in [2.24, 2.45) is 11.7 Å². The number of carbonyl (C=O) groups is 1. The number of amides is 1. The van der Waals surface area contributed by atoms with Gasteiger partial charge in [-0.2, -0.15) is 0 Å². The quantitative estimate of drug-likeness (QED) is 0.301. The Bertz CT molecular complexity index is 241. The third-order valence-electron chi connectivity index (χ3n) is 3.11. The number of nitrogens with one attached hydrogen (secondary N) is 2. The van der Waals surface area contributed by atoms with Crippen molar-refractivity contribution in [2.75, 3.05) is 6.54 Å². The van der Waals surface area contributed by atoms with Gasteiger partial charge in [0.1, 0.15) is 0 Å². The molecule has 1 atom stereocenters.